The third kappa shape index (κ3) is 2.12. The summed E-state index contributed by atoms with van der Waals surface area (Å²) in [5.74, 6) is -0.229. The van der Waals surface area contributed by atoms with Crippen LogP contribution >= 0.6 is 11.8 Å². The van der Waals surface area contributed by atoms with Crippen molar-refractivity contribution in [2.75, 3.05) is 6.61 Å². The number of hydrogen-bond donors (Lipinski definition) is 0. The van der Waals surface area contributed by atoms with Crippen molar-refractivity contribution < 1.29 is 9.53 Å². The van der Waals surface area contributed by atoms with Gasteiger partial charge in [-0.25, -0.2) is 4.98 Å². The zero-order valence-electron chi connectivity index (χ0n) is 10.3. The van der Waals surface area contributed by atoms with Gasteiger partial charge in [0.05, 0.1) is 17.5 Å². The third-order valence-corrected chi connectivity index (χ3v) is 4.37. The number of para-hydroxylation sites is 1. The summed E-state index contributed by atoms with van der Waals surface area (Å²) in [7, 11) is 1.67. The van der Waals surface area contributed by atoms with Crippen molar-refractivity contribution in [1.82, 2.24) is 9.55 Å². The van der Waals surface area contributed by atoms with E-state index in [-0.39, 0.29) is 16.8 Å². The first kappa shape index (κ1) is 12.2. The highest BCUT2D eigenvalue weighted by Crippen LogP contribution is 2.28. The number of rotatable bonds is 2. The highest BCUT2D eigenvalue weighted by atomic mass is 32.2. The van der Waals surface area contributed by atoms with Crippen molar-refractivity contribution in [3.8, 4) is 0 Å². The molecule has 1 aromatic heterocycles. The molecule has 0 bridgehead atoms. The van der Waals surface area contributed by atoms with Crippen molar-refractivity contribution in [3.05, 3.63) is 34.6 Å². The highest BCUT2D eigenvalue weighted by molar-refractivity contribution is 8.00. The Labute approximate surface area is 113 Å². The predicted octanol–water partition coefficient (Wildman–Crippen LogP) is 1.34. The number of aromatic nitrogens is 2. The second-order valence-corrected chi connectivity index (χ2v) is 5.51. The number of ether oxygens (including phenoxy) is 1. The van der Waals surface area contributed by atoms with Gasteiger partial charge in [-0.3, -0.25) is 14.2 Å². The number of cyclic esters (lactones) is 1. The van der Waals surface area contributed by atoms with Crippen molar-refractivity contribution in [2.45, 2.75) is 16.8 Å². The molecule has 2 heterocycles. The highest BCUT2D eigenvalue weighted by Gasteiger charge is 2.29. The fourth-order valence-electron chi connectivity index (χ4n) is 2.01. The smallest absolute Gasteiger partial charge is 0.319 e. The molecule has 1 aromatic carbocycles. The van der Waals surface area contributed by atoms with E-state index in [0.29, 0.717) is 29.1 Å². The van der Waals surface area contributed by atoms with E-state index in [1.807, 2.05) is 12.1 Å². The maximum absolute atomic E-state index is 12.2. The van der Waals surface area contributed by atoms with Crippen LogP contribution in [0.4, 0.5) is 0 Å². The number of hydrogen-bond acceptors (Lipinski definition) is 5. The van der Waals surface area contributed by atoms with E-state index in [9.17, 15) is 9.59 Å². The van der Waals surface area contributed by atoms with E-state index in [2.05, 4.69) is 4.98 Å². The molecule has 1 atom stereocenters. The zero-order chi connectivity index (χ0) is 13.4. The van der Waals surface area contributed by atoms with Crippen LogP contribution in [0.5, 0.6) is 0 Å². The van der Waals surface area contributed by atoms with Crippen molar-refractivity contribution >= 4 is 28.6 Å². The Kier molecular flexibility index (Phi) is 3.02. The lowest BCUT2D eigenvalue weighted by Crippen LogP contribution is -2.21. The molecule has 1 aliphatic rings. The fourth-order valence-corrected chi connectivity index (χ4v) is 3.04. The van der Waals surface area contributed by atoms with E-state index in [4.69, 9.17) is 4.74 Å². The van der Waals surface area contributed by atoms with Crippen LogP contribution in [0, 0.1) is 0 Å². The molecule has 0 saturated carbocycles. The molecule has 1 aliphatic heterocycles. The second-order valence-electron chi connectivity index (χ2n) is 4.34. The number of benzene rings is 1. The Morgan fingerprint density at radius 3 is 2.89 bits per heavy atom. The van der Waals surface area contributed by atoms with Gasteiger partial charge >= 0.3 is 5.97 Å². The molecule has 0 N–H and O–H groups in total. The first-order chi connectivity index (χ1) is 9.16. The van der Waals surface area contributed by atoms with Gasteiger partial charge in [0.2, 0.25) is 0 Å². The number of nitrogens with zero attached hydrogens (tertiary/aromatic N) is 2. The lowest BCUT2D eigenvalue weighted by Gasteiger charge is -2.10. The SMILES string of the molecule is Cn1c(SC2CCOC2=O)nc2ccccc2c1=O. The molecule has 0 radical (unpaired) electrons. The molecular formula is C13H12N2O3S. The summed E-state index contributed by atoms with van der Waals surface area (Å²) in [6.07, 6.45) is 0.659. The quantitative estimate of drug-likeness (QED) is 0.612. The van der Waals surface area contributed by atoms with Crippen molar-refractivity contribution in [2.24, 2.45) is 7.05 Å². The van der Waals surface area contributed by atoms with Crippen molar-refractivity contribution in [1.29, 1.82) is 0 Å². The lowest BCUT2D eigenvalue weighted by molar-refractivity contribution is -0.137. The number of fused-ring (bicyclic) bond motifs is 1. The van der Waals surface area contributed by atoms with Gasteiger partial charge in [0, 0.05) is 13.5 Å². The summed E-state index contributed by atoms with van der Waals surface area (Å²) in [5, 5.41) is 0.871. The molecule has 1 unspecified atom stereocenters. The van der Waals surface area contributed by atoms with Crippen LogP contribution in [0.25, 0.3) is 10.9 Å². The van der Waals surface area contributed by atoms with Gasteiger partial charge in [0.1, 0.15) is 5.25 Å². The normalized spacial score (nSPS) is 18.8. The minimum absolute atomic E-state index is 0.0977. The maximum atomic E-state index is 12.2. The summed E-state index contributed by atoms with van der Waals surface area (Å²) in [5.41, 5.74) is 0.555. The summed E-state index contributed by atoms with van der Waals surface area (Å²) in [6.45, 7) is 0.442. The van der Waals surface area contributed by atoms with Crippen LogP contribution in [-0.2, 0) is 16.6 Å². The van der Waals surface area contributed by atoms with Gasteiger partial charge in [-0.1, -0.05) is 23.9 Å². The van der Waals surface area contributed by atoms with Crippen LogP contribution in [0.15, 0.2) is 34.2 Å². The number of esters is 1. The molecule has 0 aliphatic carbocycles. The lowest BCUT2D eigenvalue weighted by atomic mass is 10.2. The molecule has 0 spiro atoms. The van der Waals surface area contributed by atoms with E-state index in [1.54, 1.807) is 19.2 Å². The standard InChI is InChI=1S/C13H12N2O3S/c1-15-11(16)8-4-2-3-5-9(8)14-13(15)19-10-6-7-18-12(10)17/h2-5,10H,6-7H2,1H3. The zero-order valence-corrected chi connectivity index (χ0v) is 11.1. The molecule has 19 heavy (non-hydrogen) atoms. The van der Waals surface area contributed by atoms with E-state index in [0.717, 1.165) is 0 Å². The Hall–Kier alpha value is -1.82. The molecule has 98 valence electrons. The van der Waals surface area contributed by atoms with Crippen LogP contribution < -0.4 is 5.56 Å². The van der Waals surface area contributed by atoms with Gasteiger partial charge < -0.3 is 4.74 Å². The summed E-state index contributed by atoms with van der Waals surface area (Å²) in [4.78, 5) is 28.1. The maximum Gasteiger partial charge on any atom is 0.319 e. The van der Waals surface area contributed by atoms with Crippen LogP contribution in [0.3, 0.4) is 0 Å². The third-order valence-electron chi connectivity index (χ3n) is 3.08. The summed E-state index contributed by atoms with van der Waals surface area (Å²) < 4.78 is 6.41. The number of thioether (sulfide) groups is 1. The monoisotopic (exact) mass is 276 g/mol. The van der Waals surface area contributed by atoms with Gasteiger partial charge in [-0.15, -0.1) is 0 Å². The van der Waals surface area contributed by atoms with Gasteiger partial charge in [0.15, 0.2) is 5.16 Å². The Morgan fingerprint density at radius 1 is 1.37 bits per heavy atom. The van der Waals surface area contributed by atoms with E-state index in [1.165, 1.54) is 16.3 Å². The average molecular weight is 276 g/mol. The molecule has 1 saturated heterocycles. The van der Waals surface area contributed by atoms with Gasteiger partial charge in [0.25, 0.3) is 5.56 Å². The first-order valence-electron chi connectivity index (χ1n) is 5.96. The molecule has 2 aromatic rings. The minimum Gasteiger partial charge on any atom is -0.465 e. The molecule has 5 nitrogen and oxygen atoms in total. The molecule has 3 rings (SSSR count). The predicted molar refractivity (Wildman–Crippen MR) is 72.2 cm³/mol. The fraction of sp³-hybridized carbons (Fsp3) is 0.308. The van der Waals surface area contributed by atoms with Crippen LogP contribution in [0.1, 0.15) is 6.42 Å². The number of carbonyl (C=O) groups is 1. The Morgan fingerprint density at radius 2 is 2.16 bits per heavy atom. The largest absolute Gasteiger partial charge is 0.465 e. The minimum atomic E-state index is -0.265. The average Bonchev–Trinajstić information content (AvgIpc) is 2.81. The van der Waals surface area contributed by atoms with Crippen LogP contribution in [0.2, 0.25) is 0 Å². The summed E-state index contributed by atoms with van der Waals surface area (Å²) in [6, 6.07) is 7.20. The molecule has 0 amide bonds. The topological polar surface area (TPSA) is 61.2 Å². The van der Waals surface area contributed by atoms with E-state index < -0.39 is 0 Å². The molecular weight excluding hydrogens is 264 g/mol. The summed E-state index contributed by atoms with van der Waals surface area (Å²) >= 11 is 1.29. The number of carbonyl (C=O) groups excluding carboxylic acids is 1. The van der Waals surface area contributed by atoms with Gasteiger partial charge in [-0.05, 0) is 12.1 Å². The van der Waals surface area contributed by atoms with E-state index >= 15 is 0 Å². The molecule has 6 heteroatoms. The Bertz CT molecular complexity index is 711. The first-order valence-corrected chi connectivity index (χ1v) is 6.84. The van der Waals surface area contributed by atoms with Crippen LogP contribution in [-0.4, -0.2) is 27.4 Å². The van der Waals surface area contributed by atoms with Crippen molar-refractivity contribution in [3.63, 3.8) is 0 Å². The molecule has 1 fully saturated rings. The Balaban J connectivity index is 2.06. The second kappa shape index (κ2) is 4.70. The van der Waals surface area contributed by atoms with Gasteiger partial charge in [-0.2, -0.15) is 0 Å².